The summed E-state index contributed by atoms with van der Waals surface area (Å²) in [4.78, 5) is 20.6. The third kappa shape index (κ3) is 4.49. The molecule has 146 valence electrons. The monoisotopic (exact) mass is 410 g/mol. The normalized spacial score (nSPS) is 10.8. The van der Waals surface area contributed by atoms with Gasteiger partial charge in [-0.2, -0.15) is 0 Å². The molecule has 3 heterocycles. The molecule has 8 nitrogen and oxygen atoms in total. The Hall–Kier alpha value is -3.53. The standard InChI is InChI=1S/C19H15FN6O2S/c20-14-5-1-2-6-15(14)23-17(27)12-29-19-25-24-18(16-10-21-7-8-22-16)26(19)11-13-4-3-9-28-13/h1-10H,11-12H2,(H,23,27). The third-order valence-corrected chi connectivity index (χ3v) is 4.85. The van der Waals surface area contributed by atoms with Crippen molar-refractivity contribution in [3.63, 3.8) is 0 Å². The van der Waals surface area contributed by atoms with E-state index in [1.54, 1.807) is 47.6 Å². The average Bonchev–Trinajstić information content (AvgIpc) is 3.39. The molecule has 10 heteroatoms. The second kappa shape index (κ2) is 8.65. The number of amides is 1. The zero-order valence-corrected chi connectivity index (χ0v) is 15.8. The number of furan rings is 1. The molecule has 0 unspecified atom stereocenters. The van der Waals surface area contributed by atoms with Crippen molar-refractivity contribution >= 4 is 23.4 Å². The van der Waals surface area contributed by atoms with Crippen molar-refractivity contribution in [2.45, 2.75) is 11.7 Å². The van der Waals surface area contributed by atoms with E-state index in [0.717, 1.165) is 0 Å². The van der Waals surface area contributed by atoms with Crippen LogP contribution in [0.3, 0.4) is 0 Å². The first-order valence-corrected chi connectivity index (χ1v) is 9.58. The van der Waals surface area contributed by atoms with E-state index in [9.17, 15) is 9.18 Å². The fourth-order valence-electron chi connectivity index (χ4n) is 2.58. The summed E-state index contributed by atoms with van der Waals surface area (Å²) in [5.74, 6) is 0.398. The SMILES string of the molecule is O=C(CSc1nnc(-c2cnccn2)n1Cc1ccco1)Nc1ccccc1F. The van der Waals surface area contributed by atoms with E-state index in [-0.39, 0.29) is 17.3 Å². The minimum Gasteiger partial charge on any atom is -0.467 e. The van der Waals surface area contributed by atoms with Gasteiger partial charge in [0, 0.05) is 12.4 Å². The number of benzene rings is 1. The molecule has 29 heavy (non-hydrogen) atoms. The highest BCUT2D eigenvalue weighted by Crippen LogP contribution is 2.24. The maximum Gasteiger partial charge on any atom is 0.234 e. The maximum atomic E-state index is 13.7. The van der Waals surface area contributed by atoms with Gasteiger partial charge in [-0.05, 0) is 24.3 Å². The van der Waals surface area contributed by atoms with Crippen LogP contribution in [0, 0.1) is 5.82 Å². The van der Waals surface area contributed by atoms with Crippen molar-refractivity contribution in [2.24, 2.45) is 0 Å². The van der Waals surface area contributed by atoms with E-state index < -0.39 is 5.82 Å². The Bertz CT molecular complexity index is 1100. The number of hydrogen-bond acceptors (Lipinski definition) is 7. The number of thioether (sulfide) groups is 1. The fourth-order valence-corrected chi connectivity index (χ4v) is 3.32. The summed E-state index contributed by atoms with van der Waals surface area (Å²) in [6.07, 6.45) is 6.30. The Morgan fingerprint density at radius 2 is 2.07 bits per heavy atom. The maximum absolute atomic E-state index is 13.7. The fraction of sp³-hybridized carbons (Fsp3) is 0.105. The van der Waals surface area contributed by atoms with Crippen LogP contribution in [-0.2, 0) is 11.3 Å². The predicted octanol–water partition coefficient (Wildman–Crippen LogP) is 3.25. The van der Waals surface area contributed by atoms with Crippen molar-refractivity contribution in [3.05, 3.63) is 72.8 Å². The van der Waals surface area contributed by atoms with Gasteiger partial charge in [0.25, 0.3) is 0 Å². The summed E-state index contributed by atoms with van der Waals surface area (Å²) in [6, 6.07) is 9.62. The lowest BCUT2D eigenvalue weighted by molar-refractivity contribution is -0.113. The predicted molar refractivity (Wildman–Crippen MR) is 105 cm³/mol. The minimum atomic E-state index is -0.489. The smallest absolute Gasteiger partial charge is 0.234 e. The molecule has 0 aliphatic heterocycles. The molecule has 1 amide bonds. The zero-order valence-electron chi connectivity index (χ0n) is 15.0. The molecule has 0 fully saturated rings. The first-order valence-electron chi connectivity index (χ1n) is 8.60. The van der Waals surface area contributed by atoms with E-state index >= 15 is 0 Å². The quantitative estimate of drug-likeness (QED) is 0.467. The molecule has 0 saturated carbocycles. The van der Waals surface area contributed by atoms with E-state index in [1.807, 2.05) is 6.07 Å². The number of carbonyl (C=O) groups is 1. The lowest BCUT2D eigenvalue weighted by Gasteiger charge is -2.09. The molecule has 0 bridgehead atoms. The second-order valence-corrected chi connectivity index (χ2v) is 6.82. The highest BCUT2D eigenvalue weighted by atomic mass is 32.2. The average molecular weight is 410 g/mol. The molecule has 0 aliphatic carbocycles. The largest absolute Gasteiger partial charge is 0.467 e. The van der Waals surface area contributed by atoms with E-state index in [4.69, 9.17) is 4.42 Å². The number of carbonyl (C=O) groups excluding carboxylic acids is 1. The number of nitrogens with one attached hydrogen (secondary N) is 1. The van der Waals surface area contributed by atoms with E-state index in [2.05, 4.69) is 25.5 Å². The third-order valence-electron chi connectivity index (χ3n) is 3.88. The zero-order chi connectivity index (χ0) is 20.1. The molecule has 0 spiro atoms. The molecular formula is C19H15FN6O2S. The van der Waals surface area contributed by atoms with Gasteiger partial charge in [-0.1, -0.05) is 23.9 Å². The van der Waals surface area contributed by atoms with Crippen molar-refractivity contribution in [1.29, 1.82) is 0 Å². The summed E-state index contributed by atoms with van der Waals surface area (Å²) in [6.45, 7) is 0.364. The van der Waals surface area contributed by atoms with E-state index in [0.29, 0.717) is 29.0 Å². The van der Waals surface area contributed by atoms with Crippen molar-refractivity contribution in [2.75, 3.05) is 11.1 Å². The molecule has 0 radical (unpaired) electrons. The van der Waals surface area contributed by atoms with Crippen LogP contribution in [0.25, 0.3) is 11.5 Å². The van der Waals surface area contributed by atoms with Crippen LogP contribution in [-0.4, -0.2) is 36.4 Å². The lowest BCUT2D eigenvalue weighted by atomic mass is 10.3. The van der Waals surface area contributed by atoms with Crippen molar-refractivity contribution in [1.82, 2.24) is 24.7 Å². The molecular weight excluding hydrogens is 395 g/mol. The number of nitrogens with zero attached hydrogens (tertiary/aromatic N) is 5. The second-order valence-electron chi connectivity index (χ2n) is 5.88. The Kier molecular flexibility index (Phi) is 5.61. The molecule has 1 N–H and O–H groups in total. The Labute approximate surface area is 169 Å². The molecule has 0 aliphatic rings. The Morgan fingerprint density at radius 1 is 1.17 bits per heavy atom. The molecule has 0 atom stereocenters. The number of para-hydroxylation sites is 1. The summed E-state index contributed by atoms with van der Waals surface area (Å²) < 4.78 is 20.9. The van der Waals surface area contributed by atoms with E-state index in [1.165, 1.54) is 23.9 Å². The number of hydrogen-bond donors (Lipinski definition) is 1. The van der Waals surface area contributed by atoms with Gasteiger partial charge in [0.05, 0.1) is 30.4 Å². The summed E-state index contributed by atoms with van der Waals surface area (Å²) in [5.41, 5.74) is 0.685. The van der Waals surface area contributed by atoms with Crippen LogP contribution in [0.4, 0.5) is 10.1 Å². The molecule has 3 aromatic heterocycles. The van der Waals surface area contributed by atoms with Gasteiger partial charge in [-0.15, -0.1) is 10.2 Å². The Balaban J connectivity index is 1.53. The molecule has 4 rings (SSSR count). The number of anilines is 1. The van der Waals surface area contributed by atoms with Crippen LogP contribution < -0.4 is 5.32 Å². The molecule has 0 saturated heterocycles. The van der Waals surface area contributed by atoms with Gasteiger partial charge >= 0.3 is 0 Å². The van der Waals surface area contributed by atoms with Crippen molar-refractivity contribution < 1.29 is 13.6 Å². The number of aromatic nitrogens is 5. The van der Waals surface area contributed by atoms with Crippen LogP contribution in [0.1, 0.15) is 5.76 Å². The van der Waals surface area contributed by atoms with Gasteiger partial charge in [0.2, 0.25) is 5.91 Å². The van der Waals surface area contributed by atoms with Gasteiger partial charge in [-0.3, -0.25) is 14.3 Å². The first-order chi connectivity index (χ1) is 14.2. The summed E-state index contributed by atoms with van der Waals surface area (Å²) in [5, 5.41) is 11.4. The topological polar surface area (TPSA) is 98.7 Å². The number of rotatable bonds is 7. The van der Waals surface area contributed by atoms with Gasteiger partial charge in [0.1, 0.15) is 17.3 Å². The summed E-state index contributed by atoms with van der Waals surface area (Å²) in [7, 11) is 0. The highest BCUT2D eigenvalue weighted by molar-refractivity contribution is 7.99. The Morgan fingerprint density at radius 3 is 2.83 bits per heavy atom. The van der Waals surface area contributed by atoms with Crippen LogP contribution in [0.2, 0.25) is 0 Å². The molecule has 4 aromatic rings. The van der Waals surface area contributed by atoms with Crippen LogP contribution in [0.5, 0.6) is 0 Å². The van der Waals surface area contributed by atoms with Crippen LogP contribution in [0.15, 0.2) is 70.8 Å². The van der Waals surface area contributed by atoms with Gasteiger partial charge in [-0.25, -0.2) is 9.37 Å². The first kappa shape index (κ1) is 18.8. The van der Waals surface area contributed by atoms with Crippen molar-refractivity contribution in [3.8, 4) is 11.5 Å². The highest BCUT2D eigenvalue weighted by Gasteiger charge is 2.18. The number of halogens is 1. The lowest BCUT2D eigenvalue weighted by Crippen LogP contribution is -2.15. The molecule has 1 aromatic carbocycles. The van der Waals surface area contributed by atoms with Crippen LogP contribution >= 0.6 is 11.8 Å². The van der Waals surface area contributed by atoms with Gasteiger partial charge < -0.3 is 9.73 Å². The van der Waals surface area contributed by atoms with Gasteiger partial charge in [0.15, 0.2) is 11.0 Å². The summed E-state index contributed by atoms with van der Waals surface area (Å²) >= 11 is 1.18. The minimum absolute atomic E-state index is 0.0328.